The van der Waals surface area contributed by atoms with Gasteiger partial charge in [0.05, 0.1) is 28.5 Å². The summed E-state index contributed by atoms with van der Waals surface area (Å²) in [4.78, 5) is 4.21. The molecule has 1 aromatic carbocycles. The Hall–Kier alpha value is -2.83. The molecule has 0 unspecified atom stereocenters. The van der Waals surface area contributed by atoms with Gasteiger partial charge in [0.15, 0.2) is 0 Å². The molecule has 2 heterocycles. The maximum Gasteiger partial charge on any atom is 0.242 e. The SMILES string of the molecule is N#Cc1c(-c2ccc(S(=O)(=O)NC(CF)CF)cn2)n(C2CCC2)c2cc(C3CCC3)ccc12. The number of nitrogens with zero attached hydrogens (tertiary/aromatic N) is 3. The Morgan fingerprint density at radius 2 is 1.85 bits per heavy atom. The van der Waals surface area contributed by atoms with Crippen LogP contribution >= 0.6 is 0 Å². The van der Waals surface area contributed by atoms with Crippen LogP contribution in [0.4, 0.5) is 8.78 Å². The zero-order chi connectivity index (χ0) is 23.9. The third-order valence-corrected chi connectivity index (χ3v) is 8.65. The van der Waals surface area contributed by atoms with Gasteiger partial charge in [0.25, 0.3) is 0 Å². The minimum Gasteiger partial charge on any atom is -0.335 e. The second kappa shape index (κ2) is 9.08. The Morgan fingerprint density at radius 1 is 1.12 bits per heavy atom. The lowest BCUT2D eigenvalue weighted by Crippen LogP contribution is -2.37. The van der Waals surface area contributed by atoms with E-state index in [2.05, 4.69) is 27.8 Å². The van der Waals surface area contributed by atoms with E-state index in [1.54, 1.807) is 6.07 Å². The highest BCUT2D eigenvalue weighted by Crippen LogP contribution is 2.44. The van der Waals surface area contributed by atoms with Crippen molar-refractivity contribution in [2.45, 2.75) is 61.4 Å². The van der Waals surface area contributed by atoms with Crippen LogP contribution in [0.1, 0.15) is 61.6 Å². The molecule has 2 saturated carbocycles. The molecule has 6 nitrogen and oxygen atoms in total. The molecule has 2 aromatic heterocycles. The van der Waals surface area contributed by atoms with Gasteiger partial charge in [-0.15, -0.1) is 0 Å². The highest BCUT2D eigenvalue weighted by atomic mass is 32.2. The molecule has 3 aromatic rings. The van der Waals surface area contributed by atoms with Gasteiger partial charge < -0.3 is 4.57 Å². The standard InChI is InChI=1S/C25H26F2N4O2S/c26-12-18(13-27)30-34(32,33)20-8-10-23(29-15-20)25-22(14-28)21-9-7-17(16-3-1-4-16)11-24(21)31(25)19-5-2-6-19/h7-11,15-16,18-19,30H,1-6,12-13H2. The van der Waals surface area contributed by atoms with Crippen molar-refractivity contribution >= 4 is 20.9 Å². The maximum atomic E-state index is 12.8. The van der Waals surface area contributed by atoms with Gasteiger partial charge >= 0.3 is 0 Å². The van der Waals surface area contributed by atoms with E-state index in [1.165, 1.54) is 37.1 Å². The van der Waals surface area contributed by atoms with E-state index in [0.717, 1.165) is 30.2 Å². The van der Waals surface area contributed by atoms with Gasteiger partial charge in [0.2, 0.25) is 10.0 Å². The summed E-state index contributed by atoms with van der Waals surface area (Å²) in [7, 11) is -4.12. The Morgan fingerprint density at radius 3 is 2.38 bits per heavy atom. The smallest absolute Gasteiger partial charge is 0.242 e. The van der Waals surface area contributed by atoms with Gasteiger partial charge in [0, 0.05) is 17.6 Å². The molecule has 34 heavy (non-hydrogen) atoms. The largest absolute Gasteiger partial charge is 0.335 e. The molecule has 5 rings (SSSR count). The number of hydrogen-bond donors (Lipinski definition) is 1. The van der Waals surface area contributed by atoms with E-state index in [-0.39, 0.29) is 10.9 Å². The van der Waals surface area contributed by atoms with Crippen LogP contribution in [0.5, 0.6) is 0 Å². The highest BCUT2D eigenvalue weighted by molar-refractivity contribution is 7.89. The third kappa shape index (κ3) is 3.89. The molecule has 1 N–H and O–H groups in total. The fourth-order valence-corrected chi connectivity index (χ4v) is 5.92. The van der Waals surface area contributed by atoms with Crippen molar-refractivity contribution in [1.29, 1.82) is 5.26 Å². The normalized spacial score (nSPS) is 17.0. The van der Waals surface area contributed by atoms with Crippen molar-refractivity contribution in [1.82, 2.24) is 14.3 Å². The van der Waals surface area contributed by atoms with Crippen molar-refractivity contribution < 1.29 is 17.2 Å². The highest BCUT2D eigenvalue weighted by Gasteiger charge is 2.30. The van der Waals surface area contributed by atoms with Crippen molar-refractivity contribution in [2.75, 3.05) is 13.3 Å². The lowest BCUT2D eigenvalue weighted by molar-refractivity contribution is 0.323. The molecule has 9 heteroatoms. The molecular formula is C25H26F2N4O2S. The van der Waals surface area contributed by atoms with Gasteiger partial charge in [-0.2, -0.15) is 5.26 Å². The minimum atomic E-state index is -4.12. The Kier molecular flexibility index (Phi) is 6.13. The summed E-state index contributed by atoms with van der Waals surface area (Å²) in [6.07, 6.45) is 7.94. The lowest BCUT2D eigenvalue weighted by Gasteiger charge is -2.31. The van der Waals surface area contributed by atoms with Gasteiger partial charge in [-0.05, 0) is 61.8 Å². The van der Waals surface area contributed by atoms with Gasteiger partial charge in [0.1, 0.15) is 24.3 Å². The molecule has 2 fully saturated rings. The summed E-state index contributed by atoms with van der Waals surface area (Å²) in [6, 6.07) is 10.5. The fraction of sp³-hybridized carbons (Fsp3) is 0.440. The summed E-state index contributed by atoms with van der Waals surface area (Å²) in [5.74, 6) is 0.565. The third-order valence-electron chi connectivity index (χ3n) is 7.14. The quantitative estimate of drug-likeness (QED) is 0.479. The Balaban J connectivity index is 1.60. The van der Waals surface area contributed by atoms with Crippen LogP contribution in [-0.2, 0) is 10.0 Å². The number of fused-ring (bicyclic) bond motifs is 1. The van der Waals surface area contributed by atoms with Gasteiger partial charge in [-0.3, -0.25) is 4.98 Å². The lowest BCUT2D eigenvalue weighted by atomic mass is 9.80. The molecule has 0 spiro atoms. The summed E-state index contributed by atoms with van der Waals surface area (Å²) in [5.41, 5.74) is 4.03. The van der Waals surface area contributed by atoms with Crippen LogP contribution in [0.3, 0.4) is 0 Å². The van der Waals surface area contributed by atoms with Crippen molar-refractivity contribution in [3.8, 4) is 17.5 Å². The van der Waals surface area contributed by atoms with Crippen LogP contribution in [0, 0.1) is 11.3 Å². The number of nitriles is 1. The number of alkyl halides is 2. The number of sulfonamides is 1. The number of aromatic nitrogens is 2. The first-order valence-electron chi connectivity index (χ1n) is 11.7. The van der Waals surface area contributed by atoms with Gasteiger partial charge in [-0.1, -0.05) is 18.6 Å². The molecular weight excluding hydrogens is 458 g/mol. The summed E-state index contributed by atoms with van der Waals surface area (Å²) in [5, 5.41) is 10.9. The zero-order valence-corrected chi connectivity index (χ0v) is 19.5. The number of hydrogen-bond acceptors (Lipinski definition) is 4. The Bertz CT molecular complexity index is 1350. The predicted molar refractivity (Wildman–Crippen MR) is 125 cm³/mol. The number of pyridine rings is 1. The van der Waals surface area contributed by atoms with Crippen molar-refractivity contribution in [3.05, 3.63) is 47.7 Å². The molecule has 0 saturated heterocycles. The first-order valence-corrected chi connectivity index (χ1v) is 13.1. The molecule has 0 amide bonds. The van der Waals surface area contributed by atoms with Crippen LogP contribution < -0.4 is 4.72 Å². The topological polar surface area (TPSA) is 87.8 Å². The van der Waals surface area contributed by atoms with Crippen LogP contribution in [0.25, 0.3) is 22.3 Å². The summed E-state index contributed by atoms with van der Waals surface area (Å²) in [6.45, 7) is -2.28. The van der Waals surface area contributed by atoms with Crippen LogP contribution in [0.2, 0.25) is 0 Å². The molecule has 2 aliphatic rings. The monoisotopic (exact) mass is 484 g/mol. The average molecular weight is 485 g/mol. The van der Waals surface area contributed by atoms with Crippen molar-refractivity contribution in [2.24, 2.45) is 0 Å². The van der Waals surface area contributed by atoms with E-state index < -0.39 is 29.4 Å². The first-order chi connectivity index (χ1) is 16.5. The summed E-state index contributed by atoms with van der Waals surface area (Å²) < 4.78 is 54.9. The number of rotatable bonds is 8. The van der Waals surface area contributed by atoms with Crippen molar-refractivity contribution in [3.63, 3.8) is 0 Å². The van der Waals surface area contributed by atoms with E-state index in [4.69, 9.17) is 0 Å². The maximum absolute atomic E-state index is 12.8. The van der Waals surface area contributed by atoms with E-state index in [0.29, 0.717) is 22.9 Å². The minimum absolute atomic E-state index is 0.180. The fourth-order valence-electron chi connectivity index (χ4n) is 4.78. The molecule has 178 valence electrons. The molecule has 0 radical (unpaired) electrons. The predicted octanol–water partition coefficient (Wildman–Crippen LogP) is 5.15. The van der Waals surface area contributed by atoms with E-state index >= 15 is 0 Å². The second-order valence-corrected chi connectivity index (χ2v) is 10.9. The Labute approximate surface area is 197 Å². The van der Waals surface area contributed by atoms with E-state index in [9.17, 15) is 22.5 Å². The van der Waals surface area contributed by atoms with Crippen LogP contribution in [0.15, 0.2) is 41.4 Å². The molecule has 2 aliphatic carbocycles. The number of halogens is 2. The molecule has 0 aliphatic heterocycles. The zero-order valence-electron chi connectivity index (χ0n) is 18.7. The average Bonchev–Trinajstić information content (AvgIpc) is 3.08. The number of benzene rings is 1. The summed E-state index contributed by atoms with van der Waals surface area (Å²) >= 11 is 0. The molecule has 0 atom stereocenters. The van der Waals surface area contributed by atoms with Crippen LogP contribution in [-0.4, -0.2) is 37.4 Å². The molecule has 0 bridgehead atoms. The van der Waals surface area contributed by atoms with E-state index in [1.807, 2.05) is 10.8 Å². The van der Waals surface area contributed by atoms with Gasteiger partial charge in [-0.25, -0.2) is 21.9 Å². The first kappa shape index (κ1) is 22.9. The second-order valence-electron chi connectivity index (χ2n) is 9.20. The number of nitrogens with one attached hydrogen (secondary N) is 1.